The zero-order chi connectivity index (χ0) is 42.6. The molecule has 12 aromatic rings. The van der Waals surface area contributed by atoms with Crippen LogP contribution in [0, 0.1) is 6.92 Å². The third-order valence-corrected chi connectivity index (χ3v) is 13.9. The molecular formula is C61H42N2S. The van der Waals surface area contributed by atoms with E-state index in [1.807, 2.05) is 11.3 Å². The Morgan fingerprint density at radius 1 is 0.375 bits per heavy atom. The zero-order valence-electron chi connectivity index (χ0n) is 35.3. The van der Waals surface area contributed by atoms with Crippen molar-refractivity contribution in [3.8, 4) is 50.2 Å². The van der Waals surface area contributed by atoms with Gasteiger partial charge in [-0.25, -0.2) is 0 Å². The molecule has 0 amide bonds. The Morgan fingerprint density at radius 3 is 1.55 bits per heavy atom. The van der Waals surface area contributed by atoms with Crippen LogP contribution in [0.4, 0.5) is 17.1 Å². The number of aryl methyl sites for hydroxylation is 1. The molecule has 0 aliphatic heterocycles. The minimum absolute atomic E-state index is 1.10. The van der Waals surface area contributed by atoms with E-state index in [0.29, 0.717) is 0 Å². The van der Waals surface area contributed by atoms with Crippen molar-refractivity contribution in [1.82, 2.24) is 4.57 Å². The van der Waals surface area contributed by atoms with Crippen molar-refractivity contribution in [2.45, 2.75) is 6.92 Å². The second-order valence-electron chi connectivity index (χ2n) is 16.5. The Kier molecular flexibility index (Phi) is 9.28. The summed E-state index contributed by atoms with van der Waals surface area (Å²) >= 11 is 1.88. The second-order valence-corrected chi connectivity index (χ2v) is 17.6. The highest BCUT2D eigenvalue weighted by Gasteiger charge is 2.23. The number of aromatic nitrogens is 1. The molecule has 0 fully saturated rings. The summed E-state index contributed by atoms with van der Waals surface area (Å²) in [6.07, 6.45) is 0. The number of hydrogen-bond acceptors (Lipinski definition) is 2. The van der Waals surface area contributed by atoms with E-state index in [2.05, 4.69) is 253 Å². The van der Waals surface area contributed by atoms with Gasteiger partial charge in [-0.15, -0.1) is 11.3 Å². The first-order valence-electron chi connectivity index (χ1n) is 21.9. The SMILES string of the molecule is Cc1cc(N(c2ccc(-c3ccccc3)c(-c3ccccc3)c2)c2ccc(-c3cccc(-n4c5ccccc5c5ccccc54)c3)c3sc4ccccc4c23)ccc1-c1ccccc1. The summed E-state index contributed by atoms with van der Waals surface area (Å²) in [7, 11) is 0. The number of anilines is 3. The number of nitrogens with zero attached hydrogens (tertiary/aromatic N) is 2. The summed E-state index contributed by atoms with van der Waals surface area (Å²) in [4.78, 5) is 2.49. The monoisotopic (exact) mass is 834 g/mol. The molecule has 2 aromatic heterocycles. The minimum Gasteiger partial charge on any atom is -0.310 e. The van der Waals surface area contributed by atoms with Crippen LogP contribution < -0.4 is 4.90 Å². The smallest absolute Gasteiger partial charge is 0.0555 e. The first-order chi connectivity index (χ1) is 31.7. The molecular weight excluding hydrogens is 793 g/mol. The maximum absolute atomic E-state index is 2.49. The van der Waals surface area contributed by atoms with Crippen LogP contribution in [-0.2, 0) is 0 Å². The van der Waals surface area contributed by atoms with Crippen molar-refractivity contribution in [3.63, 3.8) is 0 Å². The molecule has 2 heterocycles. The number of rotatable bonds is 8. The van der Waals surface area contributed by atoms with Crippen LogP contribution >= 0.6 is 11.3 Å². The summed E-state index contributed by atoms with van der Waals surface area (Å²) in [5.74, 6) is 0. The highest BCUT2D eigenvalue weighted by atomic mass is 32.1. The van der Waals surface area contributed by atoms with E-state index in [0.717, 1.165) is 22.7 Å². The summed E-state index contributed by atoms with van der Waals surface area (Å²) < 4.78 is 4.95. The topological polar surface area (TPSA) is 8.17 Å². The van der Waals surface area contributed by atoms with Gasteiger partial charge in [-0.3, -0.25) is 0 Å². The van der Waals surface area contributed by atoms with E-state index in [-0.39, 0.29) is 0 Å². The predicted molar refractivity (Wildman–Crippen MR) is 275 cm³/mol. The van der Waals surface area contributed by atoms with Crippen LogP contribution in [-0.4, -0.2) is 4.57 Å². The molecule has 0 atom stereocenters. The standard InChI is InChI=1S/C61H42N2S/c1-41-38-47(32-34-49(41)42-18-5-2-6-19-42)62(48-33-35-50(43-20-7-3-8-21-43)55(40-48)44-22-9-4-10-23-44)58-37-36-51(61-60(58)54-28-13-16-31-59(54)64-61)45-24-17-25-46(39-45)63-56-29-14-11-26-52(56)53-27-12-15-30-57(53)63/h2-40H,1H3. The lowest BCUT2D eigenvalue weighted by Crippen LogP contribution is -2.11. The number of para-hydroxylation sites is 2. The van der Waals surface area contributed by atoms with Gasteiger partial charge >= 0.3 is 0 Å². The Hall–Kier alpha value is -7.98. The first kappa shape index (κ1) is 37.8. The molecule has 12 rings (SSSR count). The predicted octanol–water partition coefficient (Wildman–Crippen LogP) is 17.6. The Morgan fingerprint density at radius 2 is 0.891 bits per heavy atom. The summed E-state index contributed by atoms with van der Waals surface area (Å²) in [6, 6.07) is 86.5. The molecule has 3 heteroatoms. The normalized spacial score (nSPS) is 11.5. The molecule has 2 nitrogen and oxygen atoms in total. The molecule has 0 radical (unpaired) electrons. The first-order valence-corrected chi connectivity index (χ1v) is 22.7. The van der Waals surface area contributed by atoms with Crippen LogP contribution in [0.5, 0.6) is 0 Å². The molecule has 0 aliphatic rings. The van der Waals surface area contributed by atoms with E-state index in [1.165, 1.54) is 92.0 Å². The van der Waals surface area contributed by atoms with Gasteiger partial charge in [0.2, 0.25) is 0 Å². The lowest BCUT2D eigenvalue weighted by Gasteiger charge is -2.29. The summed E-state index contributed by atoms with van der Waals surface area (Å²) in [5.41, 5.74) is 17.8. The number of hydrogen-bond donors (Lipinski definition) is 0. The average Bonchev–Trinajstić information content (AvgIpc) is 3.92. The largest absolute Gasteiger partial charge is 0.310 e. The van der Waals surface area contributed by atoms with Crippen molar-refractivity contribution in [2.24, 2.45) is 0 Å². The van der Waals surface area contributed by atoms with E-state index < -0.39 is 0 Å². The van der Waals surface area contributed by atoms with E-state index in [9.17, 15) is 0 Å². The number of benzene rings is 10. The highest BCUT2D eigenvalue weighted by Crippen LogP contribution is 2.50. The van der Waals surface area contributed by atoms with Crippen molar-refractivity contribution < 1.29 is 0 Å². The van der Waals surface area contributed by atoms with Gasteiger partial charge < -0.3 is 9.47 Å². The Bertz CT molecular complexity index is 3620. The van der Waals surface area contributed by atoms with Gasteiger partial charge in [0.1, 0.15) is 0 Å². The van der Waals surface area contributed by atoms with Gasteiger partial charge in [0.05, 0.1) is 16.7 Å². The fourth-order valence-corrected chi connectivity index (χ4v) is 11.0. The van der Waals surface area contributed by atoms with Gasteiger partial charge in [0.25, 0.3) is 0 Å². The Labute approximate surface area is 377 Å². The maximum atomic E-state index is 2.49. The molecule has 10 aromatic carbocycles. The Balaban J connectivity index is 1.09. The minimum atomic E-state index is 1.10. The highest BCUT2D eigenvalue weighted by molar-refractivity contribution is 7.26. The molecule has 0 unspecified atom stereocenters. The van der Waals surface area contributed by atoms with Crippen molar-refractivity contribution in [1.29, 1.82) is 0 Å². The molecule has 0 bridgehead atoms. The van der Waals surface area contributed by atoms with Crippen LogP contribution in [0.1, 0.15) is 5.56 Å². The van der Waals surface area contributed by atoms with Crippen LogP contribution in [0.3, 0.4) is 0 Å². The molecule has 0 aliphatic carbocycles. The fraction of sp³-hybridized carbons (Fsp3) is 0.0164. The third-order valence-electron chi connectivity index (χ3n) is 12.7. The van der Waals surface area contributed by atoms with Crippen molar-refractivity contribution >= 4 is 70.4 Å². The van der Waals surface area contributed by atoms with Gasteiger partial charge in [-0.05, 0) is 118 Å². The zero-order valence-corrected chi connectivity index (χ0v) is 36.1. The van der Waals surface area contributed by atoms with Crippen LogP contribution in [0.25, 0.3) is 92.2 Å². The van der Waals surface area contributed by atoms with Crippen LogP contribution in [0.15, 0.2) is 237 Å². The average molecular weight is 835 g/mol. The van der Waals surface area contributed by atoms with Gasteiger partial charge in [0, 0.05) is 48.0 Å². The summed E-state index contributed by atoms with van der Waals surface area (Å²) in [6.45, 7) is 2.24. The molecule has 302 valence electrons. The van der Waals surface area contributed by atoms with E-state index in [4.69, 9.17) is 0 Å². The van der Waals surface area contributed by atoms with Crippen molar-refractivity contribution in [3.05, 3.63) is 242 Å². The molecule has 0 saturated heterocycles. The van der Waals surface area contributed by atoms with E-state index in [1.54, 1.807) is 0 Å². The lowest BCUT2D eigenvalue weighted by molar-refractivity contribution is 1.18. The molecule has 0 spiro atoms. The molecule has 0 saturated carbocycles. The quantitative estimate of drug-likeness (QED) is 0.148. The maximum Gasteiger partial charge on any atom is 0.0555 e. The third kappa shape index (κ3) is 6.40. The summed E-state index contributed by atoms with van der Waals surface area (Å²) in [5, 5.41) is 5.03. The fourth-order valence-electron chi connectivity index (χ4n) is 9.79. The number of thiophene rings is 1. The van der Waals surface area contributed by atoms with Gasteiger partial charge in [-0.1, -0.05) is 176 Å². The lowest BCUT2D eigenvalue weighted by atomic mass is 9.93. The number of fused-ring (bicyclic) bond motifs is 6. The van der Waals surface area contributed by atoms with Crippen LogP contribution in [0.2, 0.25) is 0 Å². The van der Waals surface area contributed by atoms with E-state index >= 15 is 0 Å². The van der Waals surface area contributed by atoms with Gasteiger partial charge in [0.15, 0.2) is 0 Å². The molecule has 0 N–H and O–H groups in total. The van der Waals surface area contributed by atoms with Crippen molar-refractivity contribution in [2.75, 3.05) is 4.90 Å². The van der Waals surface area contributed by atoms with Gasteiger partial charge in [-0.2, -0.15) is 0 Å². The second kappa shape index (κ2) is 15.7. The molecule has 64 heavy (non-hydrogen) atoms.